The van der Waals surface area contributed by atoms with Crippen LogP contribution in [-0.2, 0) is 0 Å². The Morgan fingerprint density at radius 2 is 2.36 bits per heavy atom. The maximum Gasteiger partial charge on any atom is 0.284 e. The average molecular weight is 234 g/mol. The van der Waals surface area contributed by atoms with Gasteiger partial charge in [-0.2, -0.15) is 4.20 Å². The van der Waals surface area contributed by atoms with Crippen molar-refractivity contribution in [1.82, 2.24) is 14.5 Å². The molecule has 0 saturated carbocycles. The zero-order valence-electron chi connectivity index (χ0n) is 7.04. The van der Waals surface area contributed by atoms with Gasteiger partial charge in [0.1, 0.15) is 10.7 Å². The molecule has 0 saturated heterocycles. The fourth-order valence-electron chi connectivity index (χ4n) is 1.07. The summed E-state index contributed by atoms with van der Waals surface area (Å²) in [6.45, 7) is 1.75. The second-order valence-corrected chi connectivity index (χ2v) is 3.43. The summed E-state index contributed by atoms with van der Waals surface area (Å²) < 4.78 is 5.90. The number of rotatable bonds is 1. The van der Waals surface area contributed by atoms with E-state index in [0.29, 0.717) is 11.5 Å². The number of hydrogen-bond acceptors (Lipinski definition) is 3. The molecule has 2 aromatic rings. The molecule has 0 spiro atoms. The maximum atomic E-state index is 11.1. The molecule has 2 rings (SSSR count). The topological polar surface area (TPSA) is 63.8 Å². The number of hydrogen-bond donors (Lipinski definition) is 1. The largest absolute Gasteiger partial charge is 0.354 e. The smallest absolute Gasteiger partial charge is 0.284 e. The molecule has 7 heteroatoms. The van der Waals surface area contributed by atoms with Crippen LogP contribution in [0.3, 0.4) is 0 Å². The highest BCUT2D eigenvalue weighted by Gasteiger charge is 2.17. The SMILES string of the molecule is Cc1cc(-c2c(Cl)c(=O)[nH]n2Cl)on1. The molecular weight excluding hydrogens is 229 g/mol. The van der Waals surface area contributed by atoms with Crippen LogP contribution in [0, 0.1) is 6.92 Å². The molecule has 0 aliphatic carbocycles. The lowest BCUT2D eigenvalue weighted by molar-refractivity contribution is 0.425. The van der Waals surface area contributed by atoms with Crippen molar-refractivity contribution in [3.8, 4) is 11.5 Å². The first-order chi connectivity index (χ1) is 6.59. The Balaban J connectivity index is 2.67. The average Bonchev–Trinajstić information content (AvgIpc) is 2.60. The molecule has 0 aliphatic rings. The molecule has 0 atom stereocenters. The van der Waals surface area contributed by atoms with E-state index in [1.54, 1.807) is 13.0 Å². The van der Waals surface area contributed by atoms with E-state index in [1.807, 2.05) is 0 Å². The highest BCUT2D eigenvalue weighted by molar-refractivity contribution is 6.33. The van der Waals surface area contributed by atoms with E-state index in [0.717, 1.165) is 4.20 Å². The van der Waals surface area contributed by atoms with Crippen molar-refractivity contribution in [3.63, 3.8) is 0 Å². The standard InChI is InChI=1S/C7H5Cl2N3O2/c1-3-2-4(14-11-3)6-5(8)7(13)10-12(6)9/h2H,1H3,(H,10,13). The number of nitrogens with zero attached hydrogens (tertiary/aromatic N) is 2. The van der Waals surface area contributed by atoms with Gasteiger partial charge in [0.2, 0.25) is 0 Å². The van der Waals surface area contributed by atoms with E-state index in [1.165, 1.54) is 0 Å². The quantitative estimate of drug-likeness (QED) is 0.817. The van der Waals surface area contributed by atoms with Crippen LogP contribution in [0.5, 0.6) is 0 Å². The highest BCUT2D eigenvalue weighted by Crippen LogP contribution is 2.25. The first-order valence-electron chi connectivity index (χ1n) is 3.70. The van der Waals surface area contributed by atoms with Crippen LogP contribution in [0.25, 0.3) is 11.5 Å². The molecule has 0 unspecified atom stereocenters. The van der Waals surface area contributed by atoms with Crippen molar-refractivity contribution >= 4 is 23.4 Å². The lowest BCUT2D eigenvalue weighted by Gasteiger charge is -1.92. The van der Waals surface area contributed by atoms with Gasteiger partial charge in [0, 0.05) is 17.8 Å². The Kier molecular flexibility index (Phi) is 2.13. The van der Waals surface area contributed by atoms with E-state index in [4.69, 9.17) is 27.9 Å². The summed E-state index contributed by atoms with van der Waals surface area (Å²) in [7, 11) is 0. The summed E-state index contributed by atoms with van der Waals surface area (Å²) in [6.07, 6.45) is 0. The Labute approximate surface area is 88.3 Å². The van der Waals surface area contributed by atoms with E-state index in [-0.39, 0.29) is 10.7 Å². The molecule has 0 radical (unpaired) electrons. The van der Waals surface area contributed by atoms with Gasteiger partial charge in [0.15, 0.2) is 5.76 Å². The number of halogens is 2. The summed E-state index contributed by atoms with van der Waals surface area (Å²) in [5.74, 6) is 0.348. The van der Waals surface area contributed by atoms with Gasteiger partial charge in [0.05, 0.1) is 5.69 Å². The van der Waals surface area contributed by atoms with E-state index in [9.17, 15) is 4.79 Å². The van der Waals surface area contributed by atoms with Gasteiger partial charge in [-0.15, -0.1) is 0 Å². The third-order valence-corrected chi connectivity index (χ3v) is 2.27. The molecule has 0 aliphatic heterocycles. The van der Waals surface area contributed by atoms with E-state index >= 15 is 0 Å². The molecule has 0 aromatic carbocycles. The number of aromatic amines is 1. The van der Waals surface area contributed by atoms with Gasteiger partial charge in [-0.3, -0.25) is 4.79 Å². The molecule has 5 nitrogen and oxygen atoms in total. The zero-order chi connectivity index (χ0) is 10.3. The summed E-state index contributed by atoms with van der Waals surface area (Å²) >= 11 is 11.4. The number of H-pyrrole nitrogens is 1. The summed E-state index contributed by atoms with van der Waals surface area (Å²) in [4.78, 5) is 11.1. The van der Waals surface area contributed by atoms with Crippen LogP contribution >= 0.6 is 23.4 Å². The molecule has 1 N–H and O–H groups in total. The third-order valence-electron chi connectivity index (χ3n) is 1.66. The molecule has 0 amide bonds. The van der Waals surface area contributed by atoms with E-state index < -0.39 is 5.56 Å². The lowest BCUT2D eigenvalue weighted by Crippen LogP contribution is -1.99. The van der Waals surface area contributed by atoms with E-state index in [2.05, 4.69) is 10.3 Å². The molecule has 74 valence electrons. The van der Waals surface area contributed by atoms with Gasteiger partial charge in [-0.25, -0.2) is 5.10 Å². The molecule has 14 heavy (non-hydrogen) atoms. The first kappa shape index (κ1) is 9.36. The highest BCUT2D eigenvalue weighted by atomic mass is 35.5. The van der Waals surface area contributed by atoms with Crippen LogP contribution in [-0.4, -0.2) is 14.5 Å². The van der Waals surface area contributed by atoms with Crippen LogP contribution < -0.4 is 5.56 Å². The molecule has 2 heterocycles. The van der Waals surface area contributed by atoms with Crippen LogP contribution in [0.15, 0.2) is 15.4 Å². The molecule has 0 bridgehead atoms. The minimum atomic E-state index is -0.467. The minimum Gasteiger partial charge on any atom is -0.354 e. The second-order valence-electron chi connectivity index (χ2n) is 2.72. The zero-order valence-corrected chi connectivity index (χ0v) is 8.56. The van der Waals surface area contributed by atoms with Gasteiger partial charge in [0.25, 0.3) is 5.56 Å². The Morgan fingerprint density at radius 1 is 1.64 bits per heavy atom. The van der Waals surface area contributed by atoms with Crippen LogP contribution in [0.1, 0.15) is 5.69 Å². The van der Waals surface area contributed by atoms with Crippen molar-refractivity contribution < 1.29 is 4.52 Å². The van der Waals surface area contributed by atoms with Gasteiger partial charge in [-0.05, 0) is 6.92 Å². The van der Waals surface area contributed by atoms with Crippen LogP contribution in [0.2, 0.25) is 5.02 Å². The normalized spacial score (nSPS) is 10.8. The fraction of sp³-hybridized carbons (Fsp3) is 0.143. The Morgan fingerprint density at radius 3 is 2.79 bits per heavy atom. The number of aryl methyl sites for hydroxylation is 1. The fourth-order valence-corrected chi connectivity index (χ4v) is 1.58. The molecular formula is C7H5Cl2N3O2. The second kappa shape index (κ2) is 3.18. The molecule has 0 fully saturated rings. The lowest BCUT2D eigenvalue weighted by atomic mass is 10.3. The van der Waals surface area contributed by atoms with Crippen molar-refractivity contribution in [2.75, 3.05) is 0 Å². The van der Waals surface area contributed by atoms with Crippen LogP contribution in [0.4, 0.5) is 0 Å². The first-order valence-corrected chi connectivity index (χ1v) is 4.41. The predicted molar refractivity (Wildman–Crippen MR) is 51.5 cm³/mol. The van der Waals surface area contributed by atoms with Gasteiger partial charge < -0.3 is 4.52 Å². The number of nitrogens with one attached hydrogen (secondary N) is 1. The predicted octanol–water partition coefficient (Wildman–Crippen LogP) is 1.80. The monoisotopic (exact) mass is 233 g/mol. The Bertz CT molecular complexity index is 525. The number of aromatic nitrogens is 3. The van der Waals surface area contributed by atoms with Gasteiger partial charge in [-0.1, -0.05) is 16.8 Å². The summed E-state index contributed by atoms with van der Waals surface area (Å²) in [5.41, 5.74) is 0.492. The maximum absolute atomic E-state index is 11.1. The van der Waals surface area contributed by atoms with Crippen molar-refractivity contribution in [3.05, 3.63) is 27.1 Å². The van der Waals surface area contributed by atoms with Crippen molar-refractivity contribution in [1.29, 1.82) is 0 Å². The summed E-state index contributed by atoms with van der Waals surface area (Å²) in [6, 6.07) is 1.63. The summed E-state index contributed by atoms with van der Waals surface area (Å²) in [5, 5.41) is 5.94. The Hall–Kier alpha value is -1.20. The minimum absolute atomic E-state index is 0.0175. The third kappa shape index (κ3) is 1.34. The van der Waals surface area contributed by atoms with Crippen molar-refractivity contribution in [2.24, 2.45) is 0 Å². The molecule has 2 aromatic heterocycles. The van der Waals surface area contributed by atoms with Gasteiger partial charge >= 0.3 is 0 Å². The van der Waals surface area contributed by atoms with Crippen molar-refractivity contribution in [2.45, 2.75) is 6.92 Å².